The van der Waals surface area contributed by atoms with Gasteiger partial charge < -0.3 is 10.5 Å². The Hall–Kier alpha value is -0.580. The molecular weight excluding hydrogens is 225 g/mol. The third-order valence-corrected chi connectivity index (χ3v) is 3.38. The van der Waals surface area contributed by atoms with Crippen LogP contribution in [0.2, 0.25) is 0 Å². The fraction of sp³-hybridized carbons (Fsp3) is 0.500. The van der Waals surface area contributed by atoms with Crippen molar-refractivity contribution in [3.05, 3.63) is 35.1 Å². The molecule has 0 saturated carbocycles. The van der Waals surface area contributed by atoms with Crippen LogP contribution in [0.5, 0.6) is 0 Å². The van der Waals surface area contributed by atoms with E-state index in [2.05, 4.69) is 0 Å². The number of methoxy groups -OCH3 is 1. The van der Waals surface area contributed by atoms with E-state index in [0.717, 1.165) is 35.7 Å². The number of halogens is 1. The first-order valence-corrected chi connectivity index (χ1v) is 6.47. The Morgan fingerprint density at radius 1 is 1.38 bits per heavy atom. The second-order valence-electron chi connectivity index (χ2n) is 3.52. The summed E-state index contributed by atoms with van der Waals surface area (Å²) in [6, 6.07) is 4.80. The van der Waals surface area contributed by atoms with Gasteiger partial charge in [0.2, 0.25) is 0 Å². The highest BCUT2D eigenvalue weighted by molar-refractivity contribution is 7.98. The first-order valence-electron chi connectivity index (χ1n) is 5.32. The van der Waals surface area contributed by atoms with Crippen LogP contribution >= 0.6 is 11.8 Å². The molecule has 0 bridgehead atoms. The topological polar surface area (TPSA) is 35.2 Å². The Balaban J connectivity index is 2.42. The van der Waals surface area contributed by atoms with E-state index >= 15 is 0 Å². The largest absolute Gasteiger partial charge is 0.385 e. The molecule has 0 atom stereocenters. The highest BCUT2D eigenvalue weighted by Gasteiger charge is 2.02. The molecule has 1 aromatic rings. The van der Waals surface area contributed by atoms with Crippen molar-refractivity contribution in [3.8, 4) is 0 Å². The van der Waals surface area contributed by atoms with Gasteiger partial charge in [-0.1, -0.05) is 6.07 Å². The molecule has 16 heavy (non-hydrogen) atoms. The van der Waals surface area contributed by atoms with E-state index in [9.17, 15) is 4.39 Å². The van der Waals surface area contributed by atoms with Crippen molar-refractivity contribution in [1.29, 1.82) is 0 Å². The minimum atomic E-state index is -0.190. The summed E-state index contributed by atoms with van der Waals surface area (Å²) in [7, 11) is 1.70. The highest BCUT2D eigenvalue weighted by Crippen LogP contribution is 2.18. The number of hydrogen-bond donors (Lipinski definition) is 1. The van der Waals surface area contributed by atoms with Crippen LogP contribution in [0.4, 0.5) is 4.39 Å². The number of benzene rings is 1. The number of hydrogen-bond acceptors (Lipinski definition) is 3. The second kappa shape index (κ2) is 7.65. The predicted molar refractivity (Wildman–Crippen MR) is 66.9 cm³/mol. The monoisotopic (exact) mass is 243 g/mol. The molecule has 0 unspecified atom stereocenters. The SMILES string of the molecule is COCCCSCc1cc(F)ccc1CN. The zero-order valence-corrected chi connectivity index (χ0v) is 10.4. The van der Waals surface area contributed by atoms with Crippen LogP contribution in [0.15, 0.2) is 18.2 Å². The predicted octanol–water partition coefficient (Wildman–Crippen LogP) is 2.55. The Labute approximate surface area is 100 Å². The van der Waals surface area contributed by atoms with Gasteiger partial charge in [0.05, 0.1) is 0 Å². The molecule has 0 spiro atoms. The summed E-state index contributed by atoms with van der Waals surface area (Å²) < 4.78 is 18.0. The van der Waals surface area contributed by atoms with Crippen molar-refractivity contribution in [2.24, 2.45) is 5.73 Å². The molecule has 2 N–H and O–H groups in total. The van der Waals surface area contributed by atoms with Gasteiger partial charge in [-0.25, -0.2) is 4.39 Å². The van der Waals surface area contributed by atoms with E-state index in [1.54, 1.807) is 31.0 Å². The van der Waals surface area contributed by atoms with E-state index in [1.807, 2.05) is 0 Å². The van der Waals surface area contributed by atoms with Crippen molar-refractivity contribution in [1.82, 2.24) is 0 Å². The molecule has 0 heterocycles. The smallest absolute Gasteiger partial charge is 0.123 e. The molecule has 0 aliphatic heterocycles. The van der Waals surface area contributed by atoms with Gasteiger partial charge in [-0.05, 0) is 35.4 Å². The average Bonchev–Trinajstić information content (AvgIpc) is 2.29. The Morgan fingerprint density at radius 3 is 2.88 bits per heavy atom. The van der Waals surface area contributed by atoms with Crippen LogP contribution in [-0.2, 0) is 17.0 Å². The number of nitrogens with two attached hydrogens (primary N) is 1. The maximum atomic E-state index is 13.0. The summed E-state index contributed by atoms with van der Waals surface area (Å²) in [4.78, 5) is 0. The first kappa shape index (κ1) is 13.5. The first-order chi connectivity index (χ1) is 7.77. The lowest BCUT2D eigenvalue weighted by molar-refractivity contribution is 0.200. The fourth-order valence-corrected chi connectivity index (χ4v) is 2.37. The van der Waals surface area contributed by atoms with Gasteiger partial charge in [0.25, 0.3) is 0 Å². The fourth-order valence-electron chi connectivity index (χ4n) is 1.42. The molecule has 0 aromatic heterocycles. The summed E-state index contributed by atoms with van der Waals surface area (Å²) in [5.41, 5.74) is 7.63. The lowest BCUT2D eigenvalue weighted by Gasteiger charge is -2.07. The summed E-state index contributed by atoms with van der Waals surface area (Å²) in [6.45, 7) is 1.24. The van der Waals surface area contributed by atoms with E-state index < -0.39 is 0 Å². The van der Waals surface area contributed by atoms with Gasteiger partial charge in [-0.3, -0.25) is 0 Å². The Bertz CT molecular complexity index is 320. The zero-order valence-electron chi connectivity index (χ0n) is 9.54. The normalized spacial score (nSPS) is 10.7. The zero-order chi connectivity index (χ0) is 11.8. The minimum Gasteiger partial charge on any atom is -0.385 e. The molecule has 1 aromatic carbocycles. The lowest BCUT2D eigenvalue weighted by Crippen LogP contribution is -2.01. The molecule has 1 rings (SSSR count). The van der Waals surface area contributed by atoms with Crippen molar-refractivity contribution < 1.29 is 9.13 Å². The van der Waals surface area contributed by atoms with Gasteiger partial charge in [0, 0.05) is 26.0 Å². The Kier molecular flexibility index (Phi) is 6.45. The van der Waals surface area contributed by atoms with Gasteiger partial charge >= 0.3 is 0 Å². The molecule has 0 aliphatic carbocycles. The molecule has 0 fully saturated rings. The van der Waals surface area contributed by atoms with Gasteiger partial charge in [0.1, 0.15) is 5.82 Å². The quantitative estimate of drug-likeness (QED) is 0.747. The van der Waals surface area contributed by atoms with E-state index in [-0.39, 0.29) is 5.82 Å². The van der Waals surface area contributed by atoms with Crippen LogP contribution in [0, 0.1) is 5.82 Å². The standard InChI is InChI=1S/C12H18FNOS/c1-15-5-2-6-16-9-11-7-12(13)4-3-10(11)8-14/h3-4,7H,2,5-6,8-9,14H2,1H3. The second-order valence-corrected chi connectivity index (χ2v) is 4.62. The molecule has 4 heteroatoms. The van der Waals surface area contributed by atoms with Crippen LogP contribution in [0.1, 0.15) is 17.5 Å². The third kappa shape index (κ3) is 4.51. The lowest BCUT2D eigenvalue weighted by atomic mass is 10.1. The van der Waals surface area contributed by atoms with Crippen molar-refractivity contribution in [2.75, 3.05) is 19.5 Å². The molecular formula is C12H18FNOS. The molecule has 2 nitrogen and oxygen atoms in total. The van der Waals surface area contributed by atoms with Crippen molar-refractivity contribution in [2.45, 2.75) is 18.7 Å². The molecule has 0 amide bonds. The van der Waals surface area contributed by atoms with Crippen LogP contribution in [0.25, 0.3) is 0 Å². The molecule has 0 aliphatic rings. The number of thioether (sulfide) groups is 1. The maximum absolute atomic E-state index is 13.0. The van der Waals surface area contributed by atoms with E-state index in [4.69, 9.17) is 10.5 Å². The summed E-state index contributed by atoms with van der Waals surface area (Å²) >= 11 is 1.78. The van der Waals surface area contributed by atoms with Crippen LogP contribution < -0.4 is 5.73 Å². The summed E-state index contributed by atoms with van der Waals surface area (Å²) in [5, 5.41) is 0. The van der Waals surface area contributed by atoms with E-state index in [1.165, 1.54) is 6.07 Å². The third-order valence-electron chi connectivity index (χ3n) is 2.28. The van der Waals surface area contributed by atoms with E-state index in [0.29, 0.717) is 6.54 Å². The minimum absolute atomic E-state index is 0.190. The van der Waals surface area contributed by atoms with Gasteiger partial charge in [-0.2, -0.15) is 11.8 Å². The molecule has 0 radical (unpaired) electrons. The van der Waals surface area contributed by atoms with Crippen LogP contribution in [0.3, 0.4) is 0 Å². The summed E-state index contributed by atoms with van der Waals surface area (Å²) in [6.07, 6.45) is 1.02. The molecule has 90 valence electrons. The van der Waals surface area contributed by atoms with Crippen molar-refractivity contribution >= 4 is 11.8 Å². The number of ether oxygens (including phenoxy) is 1. The molecule has 0 saturated heterocycles. The van der Waals surface area contributed by atoms with Gasteiger partial charge in [0.15, 0.2) is 0 Å². The van der Waals surface area contributed by atoms with Crippen LogP contribution in [-0.4, -0.2) is 19.5 Å². The highest BCUT2D eigenvalue weighted by atomic mass is 32.2. The summed E-state index contributed by atoms with van der Waals surface area (Å²) in [5.74, 6) is 1.65. The van der Waals surface area contributed by atoms with Gasteiger partial charge in [-0.15, -0.1) is 0 Å². The Morgan fingerprint density at radius 2 is 2.19 bits per heavy atom. The van der Waals surface area contributed by atoms with Crippen molar-refractivity contribution in [3.63, 3.8) is 0 Å². The maximum Gasteiger partial charge on any atom is 0.123 e. The average molecular weight is 243 g/mol. The number of rotatable bonds is 7.